The molecule has 23 heavy (non-hydrogen) atoms. The van der Waals surface area contributed by atoms with Gasteiger partial charge in [0, 0.05) is 5.69 Å². The molecule has 6 nitrogen and oxygen atoms in total. The van der Waals surface area contributed by atoms with Gasteiger partial charge in [0.1, 0.15) is 6.10 Å². The second kappa shape index (κ2) is 7.42. The van der Waals surface area contributed by atoms with Gasteiger partial charge in [-0.15, -0.1) is 0 Å². The predicted molar refractivity (Wildman–Crippen MR) is 82.9 cm³/mol. The molecule has 6 heteroatoms. The van der Waals surface area contributed by atoms with Crippen LogP contribution in [0.1, 0.15) is 17.2 Å². The molecule has 120 valence electrons. The van der Waals surface area contributed by atoms with Crippen molar-refractivity contribution in [3.8, 4) is 0 Å². The first-order chi connectivity index (χ1) is 11.0. The fraction of sp³-hybridized carbons (Fsp3) is 0.176. The van der Waals surface area contributed by atoms with Gasteiger partial charge < -0.3 is 26.1 Å². The summed E-state index contributed by atoms with van der Waals surface area (Å²) >= 11 is 0. The lowest BCUT2D eigenvalue weighted by molar-refractivity contribution is -0.310. The number of aliphatic hydroxyl groups excluding tert-OH is 1. The fourth-order valence-corrected chi connectivity index (χ4v) is 2.15. The third-order valence-electron chi connectivity index (χ3n) is 3.37. The lowest BCUT2D eigenvalue weighted by Gasteiger charge is -2.25. The Kier molecular flexibility index (Phi) is 5.32. The van der Waals surface area contributed by atoms with Gasteiger partial charge in [0.2, 0.25) is 5.91 Å². The van der Waals surface area contributed by atoms with Crippen LogP contribution in [-0.2, 0) is 16.0 Å². The van der Waals surface area contributed by atoms with Crippen molar-refractivity contribution in [1.29, 1.82) is 0 Å². The highest BCUT2D eigenvalue weighted by atomic mass is 16.4. The Bertz CT molecular complexity index is 671. The van der Waals surface area contributed by atoms with Crippen molar-refractivity contribution in [2.75, 3.05) is 5.73 Å². The monoisotopic (exact) mass is 313 g/mol. The molecule has 4 N–H and O–H groups in total. The molecule has 0 aromatic heterocycles. The van der Waals surface area contributed by atoms with Crippen LogP contribution in [0.15, 0.2) is 54.6 Å². The second-order valence-corrected chi connectivity index (χ2v) is 5.14. The summed E-state index contributed by atoms with van der Waals surface area (Å²) in [5, 5.41) is 23.7. The van der Waals surface area contributed by atoms with E-state index in [1.165, 1.54) is 0 Å². The van der Waals surface area contributed by atoms with Crippen LogP contribution >= 0.6 is 0 Å². The summed E-state index contributed by atoms with van der Waals surface area (Å²) in [6, 6.07) is 13.4. The van der Waals surface area contributed by atoms with Gasteiger partial charge in [0.25, 0.3) is 0 Å². The van der Waals surface area contributed by atoms with Crippen molar-refractivity contribution in [2.45, 2.75) is 18.6 Å². The number of amides is 1. The Hall–Kier alpha value is -2.86. The topological polar surface area (TPSA) is 115 Å². The van der Waals surface area contributed by atoms with Crippen molar-refractivity contribution in [3.05, 3.63) is 65.7 Å². The molecule has 2 atom stereocenters. The minimum Gasteiger partial charge on any atom is -0.548 e. The van der Waals surface area contributed by atoms with E-state index in [1.807, 2.05) is 0 Å². The number of carboxylic acids is 1. The zero-order chi connectivity index (χ0) is 16.8. The number of aliphatic hydroxyl groups is 1. The van der Waals surface area contributed by atoms with Crippen LogP contribution in [0.3, 0.4) is 0 Å². The summed E-state index contributed by atoms with van der Waals surface area (Å²) in [7, 11) is 0. The molecule has 0 saturated carbocycles. The third kappa shape index (κ3) is 4.55. The maximum absolute atomic E-state index is 12.0. The van der Waals surface area contributed by atoms with Crippen LogP contribution in [0, 0.1) is 0 Å². The Morgan fingerprint density at radius 1 is 1.09 bits per heavy atom. The Morgan fingerprint density at radius 2 is 1.70 bits per heavy atom. The first kappa shape index (κ1) is 16.5. The summed E-state index contributed by atoms with van der Waals surface area (Å²) in [5.41, 5.74) is 7.20. The van der Waals surface area contributed by atoms with E-state index in [4.69, 9.17) is 5.73 Å². The third-order valence-corrected chi connectivity index (χ3v) is 3.37. The number of rotatable bonds is 6. The van der Waals surface area contributed by atoms with Gasteiger partial charge in [-0.25, -0.2) is 0 Å². The van der Waals surface area contributed by atoms with Crippen LogP contribution in [0.5, 0.6) is 0 Å². The normalized spacial score (nSPS) is 13.1. The predicted octanol–water partition coefficient (Wildman–Crippen LogP) is -0.220. The van der Waals surface area contributed by atoms with E-state index >= 15 is 0 Å². The van der Waals surface area contributed by atoms with Crippen LogP contribution < -0.4 is 16.2 Å². The number of nitrogen functional groups attached to an aromatic ring is 1. The van der Waals surface area contributed by atoms with Crippen LogP contribution in [-0.4, -0.2) is 23.0 Å². The van der Waals surface area contributed by atoms with E-state index in [2.05, 4.69) is 5.32 Å². The number of aliphatic carboxylic acids is 1. The standard InChI is InChI=1S/C17H18N2O4/c18-13-8-6-11(7-9-13)10-14(20)19-15(17(22)23)16(21)12-4-2-1-3-5-12/h1-9,15-16,21H,10,18H2,(H,19,20)(H,22,23)/p-1/t15-,16-/m0/s1. The molecule has 0 unspecified atom stereocenters. The van der Waals surface area contributed by atoms with Gasteiger partial charge >= 0.3 is 0 Å². The summed E-state index contributed by atoms with van der Waals surface area (Å²) in [4.78, 5) is 23.2. The SMILES string of the molecule is Nc1ccc(CC(=O)N[C@H](C(=O)[O-])[C@@H](O)c2ccccc2)cc1. The molecule has 0 heterocycles. The van der Waals surface area contributed by atoms with E-state index in [0.29, 0.717) is 16.8 Å². The highest BCUT2D eigenvalue weighted by molar-refractivity contribution is 5.84. The van der Waals surface area contributed by atoms with E-state index in [1.54, 1.807) is 54.6 Å². The molecule has 0 radical (unpaired) electrons. The smallest absolute Gasteiger partial charge is 0.225 e. The number of hydrogen-bond acceptors (Lipinski definition) is 5. The van der Waals surface area contributed by atoms with E-state index in [0.717, 1.165) is 0 Å². The number of anilines is 1. The van der Waals surface area contributed by atoms with Crippen molar-refractivity contribution < 1.29 is 19.8 Å². The summed E-state index contributed by atoms with van der Waals surface area (Å²) in [6.07, 6.45) is -1.41. The largest absolute Gasteiger partial charge is 0.548 e. The van der Waals surface area contributed by atoms with Crippen molar-refractivity contribution in [2.24, 2.45) is 0 Å². The summed E-state index contributed by atoms with van der Waals surface area (Å²) in [6.45, 7) is 0. The highest BCUT2D eigenvalue weighted by Crippen LogP contribution is 2.16. The Labute approximate surface area is 133 Å². The van der Waals surface area contributed by atoms with E-state index in [-0.39, 0.29) is 6.42 Å². The van der Waals surface area contributed by atoms with Crippen molar-refractivity contribution >= 4 is 17.6 Å². The molecule has 0 aliphatic carbocycles. The van der Waals surface area contributed by atoms with Gasteiger partial charge in [0.15, 0.2) is 0 Å². The lowest BCUT2D eigenvalue weighted by atomic mass is 10.0. The van der Waals surface area contributed by atoms with Crippen LogP contribution in [0.4, 0.5) is 5.69 Å². The molecule has 0 fully saturated rings. The minimum absolute atomic E-state index is 0.0223. The quantitative estimate of drug-likeness (QED) is 0.638. The molecule has 0 aliphatic rings. The zero-order valence-corrected chi connectivity index (χ0v) is 12.3. The molecule has 0 bridgehead atoms. The molecule has 0 spiro atoms. The van der Waals surface area contributed by atoms with E-state index < -0.39 is 24.0 Å². The molecule has 0 aliphatic heterocycles. The van der Waals surface area contributed by atoms with Gasteiger partial charge in [-0.05, 0) is 23.3 Å². The molecule has 0 saturated heterocycles. The number of nitrogens with one attached hydrogen (secondary N) is 1. The molecule has 1 amide bonds. The van der Waals surface area contributed by atoms with Gasteiger partial charge in [-0.2, -0.15) is 0 Å². The van der Waals surface area contributed by atoms with Crippen molar-refractivity contribution in [1.82, 2.24) is 5.32 Å². The maximum Gasteiger partial charge on any atom is 0.225 e. The average molecular weight is 313 g/mol. The van der Waals surface area contributed by atoms with E-state index in [9.17, 15) is 19.8 Å². The summed E-state index contributed by atoms with van der Waals surface area (Å²) in [5.74, 6) is -2.08. The Balaban J connectivity index is 2.05. The maximum atomic E-state index is 12.0. The molecular weight excluding hydrogens is 296 g/mol. The number of benzene rings is 2. The van der Waals surface area contributed by atoms with Gasteiger partial charge in [-0.3, -0.25) is 4.79 Å². The second-order valence-electron chi connectivity index (χ2n) is 5.14. The number of carbonyl (C=O) groups excluding carboxylic acids is 2. The van der Waals surface area contributed by atoms with Gasteiger partial charge in [0.05, 0.1) is 18.4 Å². The first-order valence-electron chi connectivity index (χ1n) is 7.05. The van der Waals surface area contributed by atoms with Crippen LogP contribution in [0.25, 0.3) is 0 Å². The molecular formula is C17H17N2O4-. The average Bonchev–Trinajstić information content (AvgIpc) is 2.55. The minimum atomic E-state index is -1.55. The lowest BCUT2D eigenvalue weighted by Crippen LogP contribution is -2.51. The number of carbonyl (C=O) groups is 2. The fourth-order valence-electron chi connectivity index (χ4n) is 2.15. The highest BCUT2D eigenvalue weighted by Gasteiger charge is 2.23. The van der Waals surface area contributed by atoms with Crippen molar-refractivity contribution in [3.63, 3.8) is 0 Å². The summed E-state index contributed by atoms with van der Waals surface area (Å²) < 4.78 is 0. The Morgan fingerprint density at radius 3 is 2.26 bits per heavy atom. The molecule has 2 aromatic carbocycles. The van der Waals surface area contributed by atoms with Crippen LogP contribution in [0.2, 0.25) is 0 Å². The number of carboxylic acid groups (broad SMARTS) is 1. The molecule has 2 aromatic rings. The number of nitrogens with two attached hydrogens (primary N) is 1. The number of hydrogen-bond donors (Lipinski definition) is 3. The molecule has 2 rings (SSSR count). The zero-order valence-electron chi connectivity index (χ0n) is 12.3. The first-order valence-corrected chi connectivity index (χ1v) is 7.05. The van der Waals surface area contributed by atoms with Gasteiger partial charge in [-0.1, -0.05) is 42.5 Å².